The summed E-state index contributed by atoms with van der Waals surface area (Å²) in [5.41, 5.74) is 0.939. The Bertz CT molecular complexity index is 712. The van der Waals surface area contributed by atoms with Crippen molar-refractivity contribution in [3.05, 3.63) is 47.2 Å². The third kappa shape index (κ3) is 4.59. The number of hydrogen-bond acceptors (Lipinski definition) is 3. The molecule has 3 amide bonds. The van der Waals surface area contributed by atoms with E-state index in [0.29, 0.717) is 11.6 Å². The monoisotopic (exact) mass is 350 g/mol. The van der Waals surface area contributed by atoms with Crippen LogP contribution < -0.4 is 15.5 Å². The van der Waals surface area contributed by atoms with E-state index in [1.165, 1.54) is 7.05 Å². The standard InChI is InChI=1S/C17H20ClN3O3/c1-11(16(22)20-17(23)19-2)21(3)10-14-8-9-15(24-14)12-4-6-13(18)7-5-12/h4-9,11H,10H2,1-3H3,(H2,19,20,22,23)/p+1/t11-/m0/s1. The molecule has 0 saturated carbocycles. The molecule has 1 aromatic heterocycles. The van der Waals surface area contributed by atoms with Gasteiger partial charge in [0.25, 0.3) is 5.91 Å². The van der Waals surface area contributed by atoms with Crippen LogP contribution in [-0.4, -0.2) is 32.1 Å². The van der Waals surface area contributed by atoms with E-state index in [4.69, 9.17) is 16.0 Å². The van der Waals surface area contributed by atoms with Crippen molar-refractivity contribution < 1.29 is 18.9 Å². The molecule has 1 unspecified atom stereocenters. The molecule has 2 rings (SSSR count). The fourth-order valence-electron chi connectivity index (χ4n) is 2.18. The highest BCUT2D eigenvalue weighted by Crippen LogP contribution is 2.23. The number of imide groups is 1. The van der Waals surface area contributed by atoms with Crippen molar-refractivity contribution in [1.82, 2.24) is 10.6 Å². The van der Waals surface area contributed by atoms with Crippen LogP contribution in [0.3, 0.4) is 0 Å². The molecule has 6 nitrogen and oxygen atoms in total. The highest BCUT2D eigenvalue weighted by Gasteiger charge is 2.24. The highest BCUT2D eigenvalue weighted by molar-refractivity contribution is 6.30. The predicted octanol–water partition coefficient (Wildman–Crippen LogP) is 1.46. The van der Waals surface area contributed by atoms with E-state index in [9.17, 15) is 9.59 Å². The maximum atomic E-state index is 12.0. The number of nitrogens with one attached hydrogen (secondary N) is 3. The van der Waals surface area contributed by atoms with Gasteiger partial charge in [-0.1, -0.05) is 11.6 Å². The summed E-state index contributed by atoms with van der Waals surface area (Å²) in [6.45, 7) is 2.28. The first kappa shape index (κ1) is 18.0. The summed E-state index contributed by atoms with van der Waals surface area (Å²) in [4.78, 5) is 24.1. The molecule has 24 heavy (non-hydrogen) atoms. The van der Waals surface area contributed by atoms with E-state index >= 15 is 0 Å². The van der Waals surface area contributed by atoms with Gasteiger partial charge in [0.15, 0.2) is 11.8 Å². The van der Waals surface area contributed by atoms with Gasteiger partial charge in [-0.05, 0) is 43.3 Å². The molecule has 0 aliphatic carbocycles. The first-order valence-electron chi connectivity index (χ1n) is 7.60. The zero-order valence-corrected chi connectivity index (χ0v) is 14.6. The Morgan fingerprint density at radius 2 is 1.88 bits per heavy atom. The summed E-state index contributed by atoms with van der Waals surface area (Å²) in [7, 11) is 3.34. The van der Waals surface area contributed by atoms with Gasteiger partial charge in [0.05, 0.1) is 7.05 Å². The number of carbonyl (C=O) groups excluding carboxylic acids is 2. The van der Waals surface area contributed by atoms with Gasteiger partial charge in [-0.25, -0.2) is 4.79 Å². The number of hydrogen-bond donors (Lipinski definition) is 3. The lowest BCUT2D eigenvalue weighted by atomic mass is 10.2. The lowest BCUT2D eigenvalue weighted by Gasteiger charge is -2.19. The second kappa shape index (κ2) is 7.99. The number of likely N-dealkylation sites (N-methyl/N-ethyl adjacent to an activating group) is 1. The van der Waals surface area contributed by atoms with Crippen molar-refractivity contribution in [3.63, 3.8) is 0 Å². The summed E-state index contributed by atoms with van der Waals surface area (Å²) < 4.78 is 5.84. The average Bonchev–Trinajstić information content (AvgIpc) is 3.02. The van der Waals surface area contributed by atoms with Gasteiger partial charge < -0.3 is 14.6 Å². The third-order valence-corrected chi connectivity index (χ3v) is 4.09. The largest absolute Gasteiger partial charge is 0.455 e. The molecule has 0 spiro atoms. The Labute approximate surface area is 145 Å². The average molecular weight is 351 g/mol. The Morgan fingerprint density at radius 1 is 1.21 bits per heavy atom. The molecule has 2 atom stereocenters. The molecule has 0 radical (unpaired) electrons. The van der Waals surface area contributed by atoms with Gasteiger partial charge in [-0.15, -0.1) is 0 Å². The molecule has 0 aliphatic rings. The summed E-state index contributed by atoms with van der Waals surface area (Å²) in [5.74, 6) is 1.17. The number of amides is 3. The van der Waals surface area contributed by atoms with Crippen LogP contribution in [0.15, 0.2) is 40.8 Å². The summed E-state index contributed by atoms with van der Waals surface area (Å²) in [6, 6.07) is 10.3. The molecule has 0 aliphatic heterocycles. The number of carbonyl (C=O) groups is 2. The maximum Gasteiger partial charge on any atom is 0.321 e. The van der Waals surface area contributed by atoms with Gasteiger partial charge in [0.2, 0.25) is 0 Å². The lowest BCUT2D eigenvalue weighted by Crippen LogP contribution is -3.12. The number of furan rings is 1. The minimum Gasteiger partial charge on any atom is -0.455 e. The first-order valence-corrected chi connectivity index (χ1v) is 7.98. The molecule has 1 aromatic carbocycles. The van der Waals surface area contributed by atoms with E-state index in [0.717, 1.165) is 22.0 Å². The van der Waals surface area contributed by atoms with Gasteiger partial charge in [0.1, 0.15) is 12.3 Å². The van der Waals surface area contributed by atoms with E-state index in [1.54, 1.807) is 6.92 Å². The number of halogens is 1. The van der Waals surface area contributed by atoms with E-state index in [1.807, 2.05) is 43.4 Å². The van der Waals surface area contributed by atoms with Crippen LogP contribution in [0.2, 0.25) is 5.02 Å². The smallest absolute Gasteiger partial charge is 0.321 e. The minimum absolute atomic E-state index is 0.337. The zero-order valence-electron chi connectivity index (χ0n) is 13.9. The molecular formula is C17H21ClN3O3+. The fraction of sp³-hybridized carbons (Fsp3) is 0.294. The van der Waals surface area contributed by atoms with Crippen LogP contribution in [-0.2, 0) is 11.3 Å². The van der Waals surface area contributed by atoms with Crippen molar-refractivity contribution >= 4 is 23.5 Å². The van der Waals surface area contributed by atoms with Crippen molar-refractivity contribution in [3.8, 4) is 11.3 Å². The zero-order chi connectivity index (χ0) is 17.7. The summed E-state index contributed by atoms with van der Waals surface area (Å²) >= 11 is 5.88. The second-order valence-corrected chi connectivity index (χ2v) is 6.02. The van der Waals surface area contributed by atoms with Crippen LogP contribution in [0.1, 0.15) is 12.7 Å². The SMILES string of the molecule is CNC(=O)NC(=O)[C@H](C)[NH+](C)Cc1ccc(-c2ccc(Cl)cc2)o1. The molecule has 2 aromatic rings. The van der Waals surface area contributed by atoms with Crippen LogP contribution in [0, 0.1) is 0 Å². The minimum atomic E-state index is -0.511. The maximum absolute atomic E-state index is 12.0. The van der Waals surface area contributed by atoms with Crippen LogP contribution in [0.25, 0.3) is 11.3 Å². The van der Waals surface area contributed by atoms with Gasteiger partial charge in [0, 0.05) is 17.6 Å². The van der Waals surface area contributed by atoms with E-state index in [-0.39, 0.29) is 5.91 Å². The van der Waals surface area contributed by atoms with Gasteiger partial charge in [-0.3, -0.25) is 10.1 Å². The normalized spacial score (nSPS) is 13.2. The van der Waals surface area contributed by atoms with Crippen LogP contribution in [0.4, 0.5) is 4.79 Å². The summed E-state index contributed by atoms with van der Waals surface area (Å²) in [6.07, 6.45) is 0. The quantitative estimate of drug-likeness (QED) is 0.764. The molecule has 0 saturated heterocycles. The molecule has 128 valence electrons. The van der Waals surface area contributed by atoms with Crippen LogP contribution in [0.5, 0.6) is 0 Å². The molecular weight excluding hydrogens is 330 g/mol. The number of urea groups is 1. The van der Waals surface area contributed by atoms with E-state index < -0.39 is 12.1 Å². The molecule has 0 bridgehead atoms. The fourth-order valence-corrected chi connectivity index (χ4v) is 2.30. The molecule has 1 heterocycles. The van der Waals surface area contributed by atoms with Crippen molar-refractivity contribution in [2.45, 2.75) is 19.5 Å². The molecule has 0 fully saturated rings. The third-order valence-electron chi connectivity index (χ3n) is 3.84. The van der Waals surface area contributed by atoms with Crippen LogP contribution >= 0.6 is 11.6 Å². The number of quaternary nitrogens is 1. The van der Waals surface area contributed by atoms with Crippen molar-refractivity contribution in [1.29, 1.82) is 0 Å². The summed E-state index contributed by atoms with van der Waals surface area (Å²) in [5, 5.41) is 5.31. The first-order chi connectivity index (χ1) is 11.4. The molecule has 3 N–H and O–H groups in total. The lowest BCUT2D eigenvalue weighted by molar-refractivity contribution is -0.909. The number of rotatable bonds is 5. The molecule has 7 heteroatoms. The Hall–Kier alpha value is -2.31. The topological polar surface area (TPSA) is 75.8 Å². The Kier molecular flexibility index (Phi) is 6.00. The van der Waals surface area contributed by atoms with Crippen molar-refractivity contribution in [2.24, 2.45) is 0 Å². The Morgan fingerprint density at radius 3 is 2.50 bits per heavy atom. The van der Waals surface area contributed by atoms with Crippen molar-refractivity contribution in [2.75, 3.05) is 14.1 Å². The van der Waals surface area contributed by atoms with E-state index in [2.05, 4.69) is 10.6 Å². The van der Waals surface area contributed by atoms with Gasteiger partial charge >= 0.3 is 6.03 Å². The number of benzene rings is 1. The predicted molar refractivity (Wildman–Crippen MR) is 91.8 cm³/mol. The van der Waals surface area contributed by atoms with Gasteiger partial charge in [-0.2, -0.15) is 0 Å². The highest BCUT2D eigenvalue weighted by atomic mass is 35.5. The Balaban J connectivity index is 1.99. The second-order valence-electron chi connectivity index (χ2n) is 5.59.